The minimum Gasteiger partial charge on any atom is -0.254 e. The van der Waals surface area contributed by atoms with Gasteiger partial charge in [-0.25, -0.2) is 8.78 Å². The number of nitrogens with one attached hydrogen (secondary N) is 1. The van der Waals surface area contributed by atoms with Gasteiger partial charge in [-0.05, 0) is 22.0 Å². The van der Waals surface area contributed by atoms with Crippen LogP contribution in [0.1, 0.15) is 0 Å². The Morgan fingerprint density at radius 1 is 1.42 bits per heavy atom. The van der Waals surface area contributed by atoms with Crippen molar-refractivity contribution in [2.75, 3.05) is 0 Å². The number of hydrogen-bond acceptors (Lipinski definition) is 2. The van der Waals surface area contributed by atoms with Crippen LogP contribution < -0.4 is 0 Å². The highest BCUT2D eigenvalue weighted by Gasteiger charge is 2.12. The SMILES string of the molecule is Fc1c(Br)cc(F)c2[nH]nnc12. The second-order valence-electron chi connectivity index (χ2n) is 2.19. The zero-order valence-corrected chi connectivity index (χ0v) is 7.19. The molecular weight excluding hydrogens is 232 g/mol. The Bertz CT molecular complexity index is 440. The van der Waals surface area contributed by atoms with E-state index < -0.39 is 11.6 Å². The van der Waals surface area contributed by atoms with Crippen molar-refractivity contribution in [2.24, 2.45) is 0 Å². The van der Waals surface area contributed by atoms with Crippen molar-refractivity contribution in [1.29, 1.82) is 0 Å². The molecule has 0 aliphatic rings. The Labute approximate surface area is 73.9 Å². The minimum absolute atomic E-state index is 0.0179. The molecule has 0 aliphatic heterocycles. The van der Waals surface area contributed by atoms with Gasteiger partial charge in [-0.2, -0.15) is 0 Å². The van der Waals surface area contributed by atoms with Gasteiger partial charge in [0.1, 0.15) is 5.52 Å². The predicted octanol–water partition coefficient (Wildman–Crippen LogP) is 2.00. The van der Waals surface area contributed by atoms with Crippen molar-refractivity contribution in [3.05, 3.63) is 22.2 Å². The molecule has 1 aromatic heterocycles. The van der Waals surface area contributed by atoms with E-state index in [1.807, 2.05) is 0 Å². The molecule has 0 spiro atoms. The van der Waals surface area contributed by atoms with Gasteiger partial charge in [-0.15, -0.1) is 5.10 Å². The first-order chi connectivity index (χ1) is 5.70. The number of rotatable bonds is 0. The van der Waals surface area contributed by atoms with Crippen LogP contribution in [0.5, 0.6) is 0 Å². The Balaban J connectivity index is 2.97. The molecule has 1 N–H and O–H groups in total. The van der Waals surface area contributed by atoms with Crippen LogP contribution in [-0.2, 0) is 0 Å². The summed E-state index contributed by atoms with van der Waals surface area (Å²) in [6.07, 6.45) is 0. The van der Waals surface area contributed by atoms with E-state index in [1.54, 1.807) is 0 Å². The fraction of sp³-hybridized carbons (Fsp3) is 0. The minimum atomic E-state index is -0.611. The first-order valence-corrected chi connectivity index (χ1v) is 3.83. The van der Waals surface area contributed by atoms with Gasteiger partial charge >= 0.3 is 0 Å². The summed E-state index contributed by atoms with van der Waals surface area (Å²) in [4.78, 5) is 0. The predicted molar refractivity (Wildman–Crippen MR) is 41.5 cm³/mol. The van der Waals surface area contributed by atoms with Crippen molar-refractivity contribution < 1.29 is 8.78 Å². The molecule has 0 bridgehead atoms. The number of nitrogens with zero attached hydrogens (tertiary/aromatic N) is 2. The number of benzene rings is 1. The lowest BCUT2D eigenvalue weighted by molar-refractivity contribution is 0.609. The topological polar surface area (TPSA) is 41.6 Å². The van der Waals surface area contributed by atoms with E-state index in [9.17, 15) is 8.78 Å². The third kappa shape index (κ3) is 0.911. The van der Waals surface area contributed by atoms with E-state index in [2.05, 4.69) is 31.3 Å². The molecule has 0 unspecified atom stereocenters. The van der Waals surface area contributed by atoms with Crippen LogP contribution in [0.15, 0.2) is 10.5 Å². The largest absolute Gasteiger partial charge is 0.254 e. The Morgan fingerprint density at radius 3 is 2.92 bits per heavy atom. The molecule has 12 heavy (non-hydrogen) atoms. The first kappa shape index (κ1) is 7.60. The van der Waals surface area contributed by atoms with Gasteiger partial charge in [0.05, 0.1) is 4.47 Å². The number of fused-ring (bicyclic) bond motifs is 1. The van der Waals surface area contributed by atoms with Crippen LogP contribution in [-0.4, -0.2) is 15.4 Å². The van der Waals surface area contributed by atoms with Crippen LogP contribution in [0.3, 0.4) is 0 Å². The van der Waals surface area contributed by atoms with Crippen LogP contribution in [0, 0.1) is 11.6 Å². The van der Waals surface area contributed by atoms with E-state index in [1.165, 1.54) is 0 Å². The molecule has 6 heteroatoms. The smallest absolute Gasteiger partial charge is 0.167 e. The van der Waals surface area contributed by atoms with Crippen molar-refractivity contribution in [3.8, 4) is 0 Å². The summed E-state index contributed by atoms with van der Waals surface area (Å²) in [5.74, 6) is -1.19. The number of aromatic amines is 1. The maximum absolute atomic E-state index is 13.1. The van der Waals surface area contributed by atoms with Crippen LogP contribution in [0.4, 0.5) is 8.78 Å². The Hall–Kier alpha value is -1.04. The Kier molecular flexibility index (Phi) is 1.57. The quantitative estimate of drug-likeness (QED) is 0.708. The second kappa shape index (κ2) is 2.48. The number of hydrogen-bond donors (Lipinski definition) is 1. The van der Waals surface area contributed by atoms with Gasteiger partial charge in [-0.1, -0.05) is 5.21 Å². The standard InChI is InChI=1S/C6H2BrF2N3/c7-2-1-3(8)5-6(4(2)9)11-12-10-5/h1H,(H,10,11,12). The van der Waals surface area contributed by atoms with Crippen molar-refractivity contribution >= 4 is 27.0 Å². The molecule has 0 saturated carbocycles. The van der Waals surface area contributed by atoms with Crippen LogP contribution >= 0.6 is 15.9 Å². The molecule has 2 rings (SSSR count). The molecule has 0 atom stereocenters. The molecule has 0 radical (unpaired) electrons. The molecule has 2 aromatic rings. The maximum Gasteiger partial charge on any atom is 0.167 e. The second-order valence-corrected chi connectivity index (χ2v) is 3.04. The van der Waals surface area contributed by atoms with Gasteiger partial charge in [0.2, 0.25) is 0 Å². The fourth-order valence-corrected chi connectivity index (χ4v) is 1.30. The summed E-state index contributed by atoms with van der Waals surface area (Å²) in [5, 5.41) is 8.94. The molecule has 0 fully saturated rings. The zero-order valence-electron chi connectivity index (χ0n) is 5.61. The van der Waals surface area contributed by atoms with Crippen molar-refractivity contribution in [2.45, 2.75) is 0 Å². The van der Waals surface area contributed by atoms with Crippen LogP contribution in [0.25, 0.3) is 11.0 Å². The summed E-state index contributed by atoms with van der Waals surface area (Å²) in [7, 11) is 0. The molecule has 1 heterocycles. The summed E-state index contributed by atoms with van der Waals surface area (Å²) in [6, 6.07) is 1.03. The van der Waals surface area contributed by atoms with Gasteiger partial charge in [0.25, 0.3) is 0 Å². The highest BCUT2D eigenvalue weighted by atomic mass is 79.9. The summed E-state index contributed by atoms with van der Waals surface area (Å²) < 4.78 is 26.1. The van der Waals surface area contributed by atoms with Gasteiger partial charge in [0.15, 0.2) is 17.2 Å². The molecule has 0 aliphatic carbocycles. The van der Waals surface area contributed by atoms with Gasteiger partial charge < -0.3 is 0 Å². The summed E-state index contributed by atoms with van der Waals surface area (Å²) in [6.45, 7) is 0. The van der Waals surface area contributed by atoms with Crippen LogP contribution in [0.2, 0.25) is 0 Å². The fourth-order valence-electron chi connectivity index (χ4n) is 0.908. The number of halogens is 3. The molecule has 0 amide bonds. The third-order valence-corrected chi connectivity index (χ3v) is 2.04. The highest BCUT2D eigenvalue weighted by Crippen LogP contribution is 2.24. The first-order valence-electron chi connectivity index (χ1n) is 3.04. The average molecular weight is 234 g/mol. The molecular formula is C6H2BrF2N3. The lowest BCUT2D eigenvalue weighted by atomic mass is 10.3. The lowest BCUT2D eigenvalue weighted by Crippen LogP contribution is -1.85. The molecule has 3 nitrogen and oxygen atoms in total. The van der Waals surface area contributed by atoms with Gasteiger partial charge in [-0.3, -0.25) is 5.10 Å². The van der Waals surface area contributed by atoms with E-state index in [-0.39, 0.29) is 15.5 Å². The van der Waals surface area contributed by atoms with E-state index in [4.69, 9.17) is 0 Å². The summed E-state index contributed by atoms with van der Waals surface area (Å²) >= 11 is 2.86. The monoisotopic (exact) mass is 233 g/mol. The maximum atomic E-state index is 13.1. The van der Waals surface area contributed by atoms with Gasteiger partial charge in [0, 0.05) is 0 Å². The number of H-pyrrole nitrogens is 1. The summed E-state index contributed by atoms with van der Waals surface area (Å²) in [5.41, 5.74) is -0.113. The number of aromatic nitrogens is 3. The normalized spacial score (nSPS) is 10.9. The average Bonchev–Trinajstić information content (AvgIpc) is 2.48. The van der Waals surface area contributed by atoms with E-state index in [0.29, 0.717) is 0 Å². The Morgan fingerprint density at radius 2 is 2.17 bits per heavy atom. The van der Waals surface area contributed by atoms with Crippen molar-refractivity contribution in [3.63, 3.8) is 0 Å². The molecule has 62 valence electrons. The molecule has 1 aromatic carbocycles. The highest BCUT2D eigenvalue weighted by molar-refractivity contribution is 9.10. The molecule has 0 saturated heterocycles. The van der Waals surface area contributed by atoms with E-state index in [0.717, 1.165) is 6.07 Å². The van der Waals surface area contributed by atoms with E-state index >= 15 is 0 Å². The lowest BCUT2D eigenvalue weighted by Gasteiger charge is -1.94. The third-order valence-electron chi connectivity index (χ3n) is 1.46. The van der Waals surface area contributed by atoms with Crippen molar-refractivity contribution in [1.82, 2.24) is 15.4 Å². The zero-order chi connectivity index (χ0) is 8.72.